The summed E-state index contributed by atoms with van der Waals surface area (Å²) in [5, 5.41) is 0. The van der Waals surface area contributed by atoms with Gasteiger partial charge in [0.1, 0.15) is 0 Å². The SMILES string of the molecule is CCCCc1ccc([CH]N)cc1. The second-order valence-corrected chi connectivity index (χ2v) is 3.01. The number of aryl methyl sites for hydroxylation is 1. The summed E-state index contributed by atoms with van der Waals surface area (Å²) in [6.07, 6.45) is 3.71. The van der Waals surface area contributed by atoms with Gasteiger partial charge >= 0.3 is 0 Å². The van der Waals surface area contributed by atoms with E-state index in [9.17, 15) is 0 Å². The first-order valence-corrected chi connectivity index (χ1v) is 4.50. The predicted octanol–water partition coefficient (Wildman–Crippen LogP) is 2.50. The fraction of sp³-hybridized carbons (Fsp3) is 0.364. The zero-order valence-electron chi connectivity index (χ0n) is 7.59. The quantitative estimate of drug-likeness (QED) is 0.723. The smallest absolute Gasteiger partial charge is 0.0491 e. The highest BCUT2D eigenvalue weighted by molar-refractivity contribution is 5.26. The lowest BCUT2D eigenvalue weighted by molar-refractivity contribution is 0.795. The third-order valence-electron chi connectivity index (χ3n) is 1.99. The van der Waals surface area contributed by atoms with Crippen molar-refractivity contribution in [1.29, 1.82) is 0 Å². The molecule has 0 bridgehead atoms. The first-order valence-electron chi connectivity index (χ1n) is 4.50. The summed E-state index contributed by atoms with van der Waals surface area (Å²) in [6.45, 7) is 3.84. The molecule has 0 saturated carbocycles. The summed E-state index contributed by atoms with van der Waals surface area (Å²) in [5.41, 5.74) is 7.87. The average molecular weight is 162 g/mol. The molecule has 0 heterocycles. The van der Waals surface area contributed by atoms with E-state index < -0.39 is 0 Å². The van der Waals surface area contributed by atoms with E-state index in [0.717, 1.165) is 5.56 Å². The lowest BCUT2D eigenvalue weighted by Gasteiger charge is -2.00. The number of unbranched alkanes of at least 4 members (excludes halogenated alkanes) is 1. The molecule has 0 amide bonds. The van der Waals surface area contributed by atoms with Crippen molar-refractivity contribution in [3.05, 3.63) is 41.9 Å². The Morgan fingerprint density at radius 2 is 1.92 bits per heavy atom. The highest BCUT2D eigenvalue weighted by atomic mass is 14.5. The topological polar surface area (TPSA) is 26.0 Å². The zero-order chi connectivity index (χ0) is 8.81. The maximum absolute atomic E-state index is 5.38. The van der Waals surface area contributed by atoms with Gasteiger partial charge in [-0.3, -0.25) is 0 Å². The Bertz CT molecular complexity index is 213. The third kappa shape index (κ3) is 2.67. The highest BCUT2D eigenvalue weighted by Crippen LogP contribution is 2.07. The third-order valence-corrected chi connectivity index (χ3v) is 1.99. The van der Waals surface area contributed by atoms with E-state index in [4.69, 9.17) is 5.73 Å². The van der Waals surface area contributed by atoms with Gasteiger partial charge in [-0.15, -0.1) is 0 Å². The molecule has 2 N–H and O–H groups in total. The van der Waals surface area contributed by atoms with E-state index in [1.165, 1.54) is 24.8 Å². The molecule has 1 aromatic rings. The molecule has 12 heavy (non-hydrogen) atoms. The number of hydrogen-bond acceptors (Lipinski definition) is 1. The molecular weight excluding hydrogens is 146 g/mol. The fourth-order valence-corrected chi connectivity index (χ4v) is 1.18. The summed E-state index contributed by atoms with van der Waals surface area (Å²) in [5.74, 6) is 0. The van der Waals surface area contributed by atoms with E-state index >= 15 is 0 Å². The summed E-state index contributed by atoms with van der Waals surface area (Å²) in [7, 11) is 0. The summed E-state index contributed by atoms with van der Waals surface area (Å²) >= 11 is 0. The van der Waals surface area contributed by atoms with E-state index in [-0.39, 0.29) is 0 Å². The molecule has 0 atom stereocenters. The van der Waals surface area contributed by atoms with Crippen LogP contribution in [0.25, 0.3) is 0 Å². The average Bonchev–Trinajstić information content (AvgIpc) is 2.15. The number of rotatable bonds is 4. The first kappa shape index (κ1) is 9.27. The molecule has 1 heteroatoms. The van der Waals surface area contributed by atoms with Crippen molar-refractivity contribution in [2.75, 3.05) is 0 Å². The Morgan fingerprint density at radius 1 is 1.25 bits per heavy atom. The molecule has 0 spiro atoms. The van der Waals surface area contributed by atoms with Gasteiger partial charge in [0.2, 0.25) is 0 Å². The Kier molecular flexibility index (Phi) is 3.81. The molecule has 0 fully saturated rings. The molecular formula is C11H16N. The Hall–Kier alpha value is -0.820. The van der Waals surface area contributed by atoms with E-state index in [2.05, 4.69) is 31.2 Å². The molecule has 65 valence electrons. The van der Waals surface area contributed by atoms with Crippen LogP contribution in [0.1, 0.15) is 30.9 Å². The van der Waals surface area contributed by atoms with E-state index in [1.54, 1.807) is 6.54 Å². The van der Waals surface area contributed by atoms with Gasteiger partial charge in [0.15, 0.2) is 0 Å². The van der Waals surface area contributed by atoms with Crippen LogP contribution in [0.4, 0.5) is 0 Å². The van der Waals surface area contributed by atoms with Crippen LogP contribution in [0.5, 0.6) is 0 Å². The van der Waals surface area contributed by atoms with E-state index in [0.29, 0.717) is 0 Å². The van der Waals surface area contributed by atoms with Crippen molar-refractivity contribution in [3.63, 3.8) is 0 Å². The van der Waals surface area contributed by atoms with E-state index in [1.807, 2.05) is 0 Å². The molecule has 1 aromatic carbocycles. The Balaban J connectivity index is 2.53. The molecule has 0 aliphatic rings. The van der Waals surface area contributed by atoms with Crippen molar-refractivity contribution in [2.45, 2.75) is 26.2 Å². The predicted molar refractivity (Wildman–Crippen MR) is 52.6 cm³/mol. The lowest BCUT2D eigenvalue weighted by atomic mass is 10.1. The summed E-state index contributed by atoms with van der Waals surface area (Å²) in [6, 6.07) is 8.42. The van der Waals surface area contributed by atoms with Gasteiger partial charge in [-0.1, -0.05) is 37.6 Å². The minimum absolute atomic E-state index is 1.09. The molecule has 0 aliphatic heterocycles. The van der Waals surface area contributed by atoms with Crippen LogP contribution in [0, 0.1) is 6.54 Å². The van der Waals surface area contributed by atoms with Crippen LogP contribution in [-0.4, -0.2) is 0 Å². The van der Waals surface area contributed by atoms with Gasteiger partial charge in [0.05, 0.1) is 0 Å². The molecule has 1 radical (unpaired) electrons. The van der Waals surface area contributed by atoms with Crippen molar-refractivity contribution in [3.8, 4) is 0 Å². The lowest BCUT2D eigenvalue weighted by Crippen LogP contribution is -1.92. The maximum atomic E-state index is 5.38. The second kappa shape index (κ2) is 4.94. The summed E-state index contributed by atoms with van der Waals surface area (Å²) < 4.78 is 0. The Labute approximate surface area is 74.6 Å². The van der Waals surface area contributed by atoms with Crippen molar-refractivity contribution < 1.29 is 0 Å². The van der Waals surface area contributed by atoms with Gasteiger partial charge in [0.25, 0.3) is 0 Å². The minimum Gasteiger partial charge on any atom is -0.322 e. The minimum atomic E-state index is 1.09. The number of nitrogens with two attached hydrogens (primary N) is 1. The maximum Gasteiger partial charge on any atom is 0.0491 e. The van der Waals surface area contributed by atoms with Crippen molar-refractivity contribution in [1.82, 2.24) is 0 Å². The fourth-order valence-electron chi connectivity index (χ4n) is 1.18. The van der Waals surface area contributed by atoms with Gasteiger partial charge in [-0.2, -0.15) is 0 Å². The standard InChI is InChI=1S/C11H16N/c1-2-3-4-10-5-7-11(9-12)8-6-10/h5-9H,2-4,12H2,1H3. The first-order chi connectivity index (χ1) is 5.86. The van der Waals surface area contributed by atoms with Crippen LogP contribution >= 0.6 is 0 Å². The van der Waals surface area contributed by atoms with Crippen LogP contribution in [0.3, 0.4) is 0 Å². The van der Waals surface area contributed by atoms with Crippen molar-refractivity contribution >= 4 is 0 Å². The molecule has 0 aromatic heterocycles. The largest absolute Gasteiger partial charge is 0.322 e. The van der Waals surface area contributed by atoms with Crippen molar-refractivity contribution in [2.24, 2.45) is 5.73 Å². The molecule has 0 unspecified atom stereocenters. The van der Waals surface area contributed by atoms with Gasteiger partial charge in [0, 0.05) is 6.54 Å². The zero-order valence-corrected chi connectivity index (χ0v) is 7.59. The van der Waals surface area contributed by atoms with Gasteiger partial charge in [-0.05, 0) is 24.0 Å². The summed E-state index contributed by atoms with van der Waals surface area (Å²) in [4.78, 5) is 0. The van der Waals surface area contributed by atoms with Gasteiger partial charge in [-0.25, -0.2) is 0 Å². The molecule has 0 saturated heterocycles. The molecule has 0 aliphatic carbocycles. The number of hydrogen-bond donors (Lipinski definition) is 1. The number of benzene rings is 1. The van der Waals surface area contributed by atoms with Crippen LogP contribution < -0.4 is 5.73 Å². The normalized spacial score (nSPS) is 10.2. The Morgan fingerprint density at radius 3 is 2.42 bits per heavy atom. The van der Waals surface area contributed by atoms with Gasteiger partial charge < -0.3 is 5.73 Å². The van der Waals surface area contributed by atoms with Crippen LogP contribution in [0.2, 0.25) is 0 Å². The molecule has 1 rings (SSSR count). The highest BCUT2D eigenvalue weighted by Gasteiger charge is 1.92. The molecule has 1 nitrogen and oxygen atoms in total. The van der Waals surface area contributed by atoms with Crippen LogP contribution in [-0.2, 0) is 6.42 Å². The van der Waals surface area contributed by atoms with Crippen LogP contribution in [0.15, 0.2) is 24.3 Å². The second-order valence-electron chi connectivity index (χ2n) is 3.01. The monoisotopic (exact) mass is 162 g/mol.